The Bertz CT molecular complexity index is 1090. The number of non-ortho nitro benzene ring substituents is 1. The number of rotatable bonds is 8. The van der Waals surface area contributed by atoms with Gasteiger partial charge in [-0.1, -0.05) is 16.4 Å². The van der Waals surface area contributed by atoms with Gasteiger partial charge in [0.15, 0.2) is 11.5 Å². The van der Waals surface area contributed by atoms with E-state index in [1.165, 1.54) is 37.6 Å². The highest BCUT2D eigenvalue weighted by atomic mass is 16.6. The Labute approximate surface area is 170 Å². The number of hydrogen-bond acceptors (Lipinski definition) is 9. The molecule has 0 aliphatic heterocycles. The van der Waals surface area contributed by atoms with Crippen molar-refractivity contribution in [2.75, 3.05) is 7.11 Å². The lowest BCUT2D eigenvalue weighted by Gasteiger charge is -2.10. The molecule has 0 aliphatic carbocycles. The Morgan fingerprint density at radius 1 is 1.27 bits per heavy atom. The van der Waals surface area contributed by atoms with Crippen LogP contribution in [0.15, 0.2) is 52.2 Å². The fourth-order valence-corrected chi connectivity index (χ4v) is 2.40. The van der Waals surface area contributed by atoms with E-state index < -0.39 is 10.8 Å². The summed E-state index contributed by atoms with van der Waals surface area (Å²) in [6, 6.07) is 10.4. The molecule has 1 amide bonds. The number of carbonyl (C=O) groups is 1. The third-order valence-electron chi connectivity index (χ3n) is 4.00. The van der Waals surface area contributed by atoms with Crippen LogP contribution < -0.4 is 14.9 Å². The number of hydrogen-bond donors (Lipinski definition) is 1. The molecule has 0 spiro atoms. The van der Waals surface area contributed by atoms with Gasteiger partial charge in [0.2, 0.25) is 0 Å². The van der Waals surface area contributed by atoms with Gasteiger partial charge < -0.3 is 9.47 Å². The van der Waals surface area contributed by atoms with Crippen LogP contribution in [-0.4, -0.2) is 34.5 Å². The van der Waals surface area contributed by atoms with Gasteiger partial charge in [0, 0.05) is 17.7 Å². The second-order valence-electron chi connectivity index (χ2n) is 6.00. The Morgan fingerprint density at radius 2 is 2.10 bits per heavy atom. The second kappa shape index (κ2) is 9.28. The van der Waals surface area contributed by atoms with Crippen LogP contribution in [-0.2, 0) is 6.61 Å². The van der Waals surface area contributed by atoms with Crippen LogP contribution in [0.1, 0.15) is 27.3 Å². The molecule has 11 heteroatoms. The van der Waals surface area contributed by atoms with Gasteiger partial charge in [0.05, 0.1) is 18.2 Å². The number of hydrazone groups is 1. The van der Waals surface area contributed by atoms with Crippen molar-refractivity contribution in [3.63, 3.8) is 0 Å². The summed E-state index contributed by atoms with van der Waals surface area (Å²) in [5, 5.41) is 22.1. The number of benzene rings is 2. The molecule has 0 aliphatic rings. The number of nitrogens with one attached hydrogen (secondary N) is 1. The van der Waals surface area contributed by atoms with E-state index in [4.69, 9.17) is 9.47 Å². The molecule has 0 saturated carbocycles. The average molecular weight is 411 g/mol. The van der Waals surface area contributed by atoms with Gasteiger partial charge in [-0.3, -0.25) is 14.9 Å². The minimum absolute atomic E-state index is 0.125. The molecule has 2 aromatic carbocycles. The molecular weight excluding hydrogens is 394 g/mol. The summed E-state index contributed by atoms with van der Waals surface area (Å²) in [6.07, 6.45) is 1.41. The summed E-state index contributed by atoms with van der Waals surface area (Å²) < 4.78 is 15.6. The van der Waals surface area contributed by atoms with Crippen LogP contribution in [0, 0.1) is 17.0 Å². The topological polar surface area (TPSA) is 142 Å². The summed E-state index contributed by atoms with van der Waals surface area (Å²) in [5.41, 5.74) is 4.12. The molecule has 0 fully saturated rings. The van der Waals surface area contributed by atoms with Crippen LogP contribution in [0.5, 0.6) is 11.5 Å². The zero-order valence-corrected chi connectivity index (χ0v) is 16.1. The molecule has 1 N–H and O–H groups in total. The molecule has 1 heterocycles. The van der Waals surface area contributed by atoms with Gasteiger partial charge in [0.1, 0.15) is 18.0 Å². The molecule has 11 nitrogen and oxygen atoms in total. The van der Waals surface area contributed by atoms with Crippen LogP contribution in [0.2, 0.25) is 0 Å². The second-order valence-corrected chi connectivity index (χ2v) is 6.00. The van der Waals surface area contributed by atoms with Crippen LogP contribution in [0.4, 0.5) is 5.69 Å². The van der Waals surface area contributed by atoms with Gasteiger partial charge in [-0.15, -0.1) is 0 Å². The van der Waals surface area contributed by atoms with Crippen molar-refractivity contribution in [1.82, 2.24) is 15.7 Å². The first kappa shape index (κ1) is 20.5. The van der Waals surface area contributed by atoms with E-state index in [0.717, 1.165) is 0 Å². The summed E-state index contributed by atoms with van der Waals surface area (Å²) in [6.45, 7) is 1.92. The van der Waals surface area contributed by atoms with Gasteiger partial charge >= 0.3 is 0 Å². The quantitative estimate of drug-likeness (QED) is 0.339. The van der Waals surface area contributed by atoms with E-state index in [-0.39, 0.29) is 17.9 Å². The molecule has 0 unspecified atom stereocenters. The van der Waals surface area contributed by atoms with E-state index >= 15 is 0 Å². The normalized spacial score (nSPS) is 10.7. The highest BCUT2D eigenvalue weighted by molar-refractivity contribution is 5.95. The third kappa shape index (κ3) is 4.95. The van der Waals surface area contributed by atoms with E-state index in [1.54, 1.807) is 25.1 Å². The Hall–Kier alpha value is -4.28. The molecule has 0 atom stereocenters. The van der Waals surface area contributed by atoms with Crippen molar-refractivity contribution < 1.29 is 23.8 Å². The first-order valence-electron chi connectivity index (χ1n) is 8.64. The summed E-state index contributed by atoms with van der Waals surface area (Å²) >= 11 is 0. The summed E-state index contributed by atoms with van der Waals surface area (Å²) in [5.74, 6) is 0.370. The first-order chi connectivity index (χ1) is 14.5. The number of carbonyl (C=O) groups excluding carboxylic acids is 1. The minimum Gasteiger partial charge on any atom is -0.493 e. The molecule has 0 radical (unpaired) electrons. The highest BCUT2D eigenvalue weighted by Gasteiger charge is 2.11. The molecule has 0 saturated heterocycles. The maximum absolute atomic E-state index is 12.1. The predicted octanol–water partition coefficient (Wildman–Crippen LogP) is 2.64. The zero-order chi connectivity index (χ0) is 21.5. The molecule has 154 valence electrons. The largest absolute Gasteiger partial charge is 0.493 e. The molecule has 1 aromatic heterocycles. The standard InChI is InChI=1S/C19H17N5O6/c1-12-16(23-30-22-12)11-29-17-7-6-13(8-18(17)28-2)10-20-21-19(25)14-4-3-5-15(9-14)24(26)27/h3-10H,11H2,1-2H3,(H,21,25)/b20-10+. The summed E-state index contributed by atoms with van der Waals surface area (Å²) in [7, 11) is 1.50. The zero-order valence-electron chi connectivity index (χ0n) is 16.1. The first-order valence-corrected chi connectivity index (χ1v) is 8.64. The van der Waals surface area contributed by atoms with Crippen molar-refractivity contribution in [3.8, 4) is 11.5 Å². The van der Waals surface area contributed by atoms with Crippen molar-refractivity contribution in [1.29, 1.82) is 0 Å². The Morgan fingerprint density at radius 3 is 2.80 bits per heavy atom. The lowest BCUT2D eigenvalue weighted by Crippen LogP contribution is -2.17. The molecule has 0 bridgehead atoms. The fraction of sp³-hybridized carbons (Fsp3) is 0.158. The van der Waals surface area contributed by atoms with E-state index in [9.17, 15) is 14.9 Å². The number of aromatic nitrogens is 2. The van der Waals surface area contributed by atoms with Crippen molar-refractivity contribution in [2.45, 2.75) is 13.5 Å². The molecule has 3 rings (SSSR count). The Kier molecular flexibility index (Phi) is 6.33. The van der Waals surface area contributed by atoms with Gasteiger partial charge in [-0.05, 0) is 36.8 Å². The molecular formula is C19H17N5O6. The summed E-state index contributed by atoms with van der Waals surface area (Å²) in [4.78, 5) is 22.3. The van der Waals surface area contributed by atoms with Gasteiger partial charge in [-0.25, -0.2) is 10.1 Å². The van der Waals surface area contributed by atoms with Crippen LogP contribution in [0.3, 0.4) is 0 Å². The van der Waals surface area contributed by atoms with Gasteiger partial charge in [-0.2, -0.15) is 5.10 Å². The molecule has 30 heavy (non-hydrogen) atoms. The van der Waals surface area contributed by atoms with Crippen LogP contribution >= 0.6 is 0 Å². The third-order valence-corrected chi connectivity index (χ3v) is 4.00. The highest BCUT2D eigenvalue weighted by Crippen LogP contribution is 2.28. The van der Waals surface area contributed by atoms with Gasteiger partial charge in [0.25, 0.3) is 11.6 Å². The van der Waals surface area contributed by atoms with E-state index in [0.29, 0.717) is 28.5 Å². The SMILES string of the molecule is COc1cc(/C=N/NC(=O)c2cccc([N+](=O)[O-])c2)ccc1OCc1nonc1C. The average Bonchev–Trinajstić information content (AvgIpc) is 3.17. The van der Waals surface area contributed by atoms with Crippen molar-refractivity contribution in [3.05, 3.63) is 75.1 Å². The number of ether oxygens (including phenoxy) is 2. The number of methoxy groups -OCH3 is 1. The number of aryl methyl sites for hydroxylation is 1. The van der Waals surface area contributed by atoms with E-state index in [2.05, 4.69) is 25.5 Å². The monoisotopic (exact) mass is 411 g/mol. The maximum atomic E-state index is 12.1. The van der Waals surface area contributed by atoms with E-state index in [1.807, 2.05) is 0 Å². The minimum atomic E-state index is -0.573. The Balaban J connectivity index is 1.64. The number of amides is 1. The lowest BCUT2D eigenvalue weighted by molar-refractivity contribution is -0.384. The smallest absolute Gasteiger partial charge is 0.271 e. The van der Waals surface area contributed by atoms with Crippen molar-refractivity contribution in [2.24, 2.45) is 5.10 Å². The van der Waals surface area contributed by atoms with Crippen LogP contribution in [0.25, 0.3) is 0 Å². The maximum Gasteiger partial charge on any atom is 0.271 e. The fourth-order valence-electron chi connectivity index (χ4n) is 2.40. The lowest BCUT2D eigenvalue weighted by atomic mass is 10.2. The predicted molar refractivity (Wildman–Crippen MR) is 105 cm³/mol. The molecule has 3 aromatic rings. The number of nitrogens with zero attached hydrogens (tertiary/aromatic N) is 4. The number of nitro groups is 1. The van der Waals surface area contributed by atoms with Crippen molar-refractivity contribution >= 4 is 17.8 Å². The number of nitro benzene ring substituents is 1.